The third-order valence-corrected chi connectivity index (χ3v) is 3.92. The summed E-state index contributed by atoms with van der Waals surface area (Å²) in [5.41, 5.74) is 6.94. The number of aliphatic imine (C=N–C) groups is 1. The molecule has 8 heteroatoms. The Morgan fingerprint density at radius 1 is 1.35 bits per heavy atom. The number of furan rings is 1. The van der Waals surface area contributed by atoms with E-state index >= 15 is 0 Å². The van der Waals surface area contributed by atoms with Crippen LogP contribution >= 0.6 is 23.2 Å². The van der Waals surface area contributed by atoms with E-state index in [9.17, 15) is 4.79 Å². The van der Waals surface area contributed by atoms with E-state index in [2.05, 4.69) is 16.9 Å². The van der Waals surface area contributed by atoms with Crippen LogP contribution in [0, 0.1) is 0 Å². The van der Waals surface area contributed by atoms with Gasteiger partial charge in [-0.3, -0.25) is 4.99 Å². The molecule has 0 unspecified atom stereocenters. The summed E-state index contributed by atoms with van der Waals surface area (Å²) in [5, 5.41) is 3.33. The Kier molecular flexibility index (Phi) is 6.89. The third kappa shape index (κ3) is 5.15. The number of ether oxygens (including phenoxy) is 1. The van der Waals surface area contributed by atoms with Crippen LogP contribution in [0.3, 0.4) is 0 Å². The van der Waals surface area contributed by atoms with Gasteiger partial charge >= 0.3 is 5.97 Å². The Balaban J connectivity index is 2.25. The highest BCUT2D eigenvalue weighted by atomic mass is 35.5. The fraction of sp³-hybridized carbons (Fsp3) is 0.111. The maximum Gasteiger partial charge on any atom is 0.356 e. The maximum absolute atomic E-state index is 12.1. The van der Waals surface area contributed by atoms with E-state index in [1.54, 1.807) is 36.4 Å². The van der Waals surface area contributed by atoms with Crippen LogP contribution in [0.25, 0.3) is 5.70 Å². The van der Waals surface area contributed by atoms with Gasteiger partial charge in [0.05, 0.1) is 19.9 Å². The van der Waals surface area contributed by atoms with Crippen LogP contribution in [-0.2, 0) is 16.1 Å². The maximum atomic E-state index is 12.1. The summed E-state index contributed by atoms with van der Waals surface area (Å²) in [6.45, 7) is 4.07. The average Bonchev–Trinajstić information content (AvgIpc) is 3.17. The van der Waals surface area contributed by atoms with Crippen molar-refractivity contribution in [2.24, 2.45) is 10.7 Å². The van der Waals surface area contributed by atoms with Crippen LogP contribution in [0.1, 0.15) is 11.3 Å². The molecule has 6 nitrogen and oxygen atoms in total. The molecule has 136 valence electrons. The lowest BCUT2D eigenvalue weighted by molar-refractivity contribution is -0.136. The van der Waals surface area contributed by atoms with Gasteiger partial charge in [-0.1, -0.05) is 41.9 Å². The summed E-state index contributed by atoms with van der Waals surface area (Å²) < 4.78 is 9.93. The van der Waals surface area contributed by atoms with Crippen molar-refractivity contribution in [2.45, 2.75) is 6.54 Å². The molecule has 0 fully saturated rings. The van der Waals surface area contributed by atoms with Crippen molar-refractivity contribution >= 4 is 40.7 Å². The minimum atomic E-state index is -0.707. The van der Waals surface area contributed by atoms with Crippen molar-refractivity contribution in [3.8, 4) is 0 Å². The fourth-order valence-corrected chi connectivity index (χ4v) is 2.24. The number of rotatable bonds is 7. The van der Waals surface area contributed by atoms with E-state index in [4.69, 9.17) is 38.1 Å². The van der Waals surface area contributed by atoms with Crippen LogP contribution in [0.4, 0.5) is 0 Å². The molecular formula is C18H17Cl2N3O3. The van der Waals surface area contributed by atoms with Crippen molar-refractivity contribution in [3.63, 3.8) is 0 Å². The van der Waals surface area contributed by atoms with Gasteiger partial charge in [-0.25, -0.2) is 4.79 Å². The predicted octanol–water partition coefficient (Wildman–Crippen LogP) is 3.67. The molecule has 0 aliphatic rings. The number of hydrogen-bond acceptors (Lipinski definition) is 5. The molecule has 2 aromatic rings. The molecule has 0 aliphatic carbocycles. The van der Waals surface area contributed by atoms with Gasteiger partial charge in [-0.05, 0) is 29.8 Å². The zero-order valence-corrected chi connectivity index (χ0v) is 15.5. The molecule has 0 bridgehead atoms. The fourth-order valence-electron chi connectivity index (χ4n) is 1.93. The van der Waals surface area contributed by atoms with Gasteiger partial charge in [-0.2, -0.15) is 0 Å². The van der Waals surface area contributed by atoms with Gasteiger partial charge in [0.1, 0.15) is 22.3 Å². The Morgan fingerprint density at radius 2 is 2.04 bits per heavy atom. The number of hydrogen-bond donors (Lipinski definition) is 2. The predicted molar refractivity (Wildman–Crippen MR) is 103 cm³/mol. The largest absolute Gasteiger partial charge is 0.467 e. The van der Waals surface area contributed by atoms with Crippen LogP contribution < -0.4 is 11.1 Å². The Hall–Kier alpha value is -2.70. The number of nitrogens with zero attached hydrogens (tertiary/aromatic N) is 1. The number of amidine groups is 1. The molecule has 0 saturated carbocycles. The number of halogens is 2. The Morgan fingerprint density at radius 3 is 2.62 bits per heavy atom. The second-order valence-electron chi connectivity index (χ2n) is 5.07. The number of nitrogens with one attached hydrogen (secondary N) is 1. The van der Waals surface area contributed by atoms with Crippen molar-refractivity contribution < 1.29 is 13.9 Å². The number of carbonyl (C=O) groups excluding carboxylic acids is 1. The van der Waals surface area contributed by atoms with Crippen molar-refractivity contribution in [1.82, 2.24) is 5.32 Å². The van der Waals surface area contributed by atoms with Crippen LogP contribution in [0.15, 0.2) is 69.4 Å². The first-order chi connectivity index (χ1) is 12.4. The van der Waals surface area contributed by atoms with Crippen molar-refractivity contribution in [1.29, 1.82) is 0 Å². The second-order valence-corrected chi connectivity index (χ2v) is 5.89. The molecule has 0 atom stereocenters. The minimum absolute atomic E-state index is 0.0418. The highest BCUT2D eigenvalue weighted by Crippen LogP contribution is 2.18. The first-order valence-corrected chi connectivity index (χ1v) is 8.20. The van der Waals surface area contributed by atoms with Gasteiger partial charge in [0, 0.05) is 10.7 Å². The van der Waals surface area contributed by atoms with Crippen LogP contribution in [-0.4, -0.2) is 18.9 Å². The van der Waals surface area contributed by atoms with E-state index < -0.39 is 5.97 Å². The topological polar surface area (TPSA) is 89.8 Å². The Bertz CT molecular complexity index is 841. The number of methoxy groups -OCH3 is 1. The highest BCUT2D eigenvalue weighted by Gasteiger charge is 2.19. The molecular weight excluding hydrogens is 377 g/mol. The summed E-state index contributed by atoms with van der Waals surface area (Å²) >= 11 is 12.1. The van der Waals surface area contributed by atoms with E-state index in [-0.39, 0.29) is 23.1 Å². The number of carbonyl (C=O) groups is 1. The molecule has 1 aromatic carbocycles. The van der Waals surface area contributed by atoms with Crippen molar-refractivity contribution in [3.05, 3.63) is 76.3 Å². The van der Waals surface area contributed by atoms with E-state index in [1.807, 2.05) is 0 Å². The standard InChI is InChI=1S/C18H17Cl2N3O3/c1-11(12-5-7-13(19)8-6-12)23-16(18(24)25-2)15(20)17(21)22-10-14-4-3-9-26-14/h3-9,23H,1,10H2,2H3,(H2,21,22). The number of esters is 1. The van der Waals surface area contributed by atoms with Gasteiger partial charge < -0.3 is 20.2 Å². The molecule has 0 saturated heterocycles. The molecule has 0 spiro atoms. The van der Waals surface area contributed by atoms with Gasteiger partial charge in [0.2, 0.25) is 0 Å². The number of nitrogens with two attached hydrogens (primary N) is 1. The van der Waals surface area contributed by atoms with Crippen LogP contribution in [0.2, 0.25) is 5.02 Å². The smallest absolute Gasteiger partial charge is 0.356 e. The molecule has 0 radical (unpaired) electrons. The average molecular weight is 394 g/mol. The number of benzene rings is 1. The zero-order valence-electron chi connectivity index (χ0n) is 14.0. The minimum Gasteiger partial charge on any atom is -0.467 e. The highest BCUT2D eigenvalue weighted by molar-refractivity contribution is 6.44. The second kappa shape index (κ2) is 9.12. The lowest BCUT2D eigenvalue weighted by Crippen LogP contribution is -2.26. The van der Waals surface area contributed by atoms with E-state index in [1.165, 1.54) is 13.4 Å². The van der Waals surface area contributed by atoms with Crippen LogP contribution in [0.5, 0.6) is 0 Å². The van der Waals surface area contributed by atoms with Gasteiger partial charge in [0.15, 0.2) is 0 Å². The van der Waals surface area contributed by atoms with Crippen molar-refractivity contribution in [2.75, 3.05) is 7.11 Å². The molecule has 26 heavy (non-hydrogen) atoms. The monoisotopic (exact) mass is 393 g/mol. The molecule has 0 aliphatic heterocycles. The van der Waals surface area contributed by atoms with Gasteiger partial charge in [-0.15, -0.1) is 0 Å². The first-order valence-electron chi connectivity index (χ1n) is 7.45. The molecule has 2 rings (SSSR count). The normalized spacial score (nSPS) is 12.3. The van der Waals surface area contributed by atoms with E-state index in [0.717, 1.165) is 0 Å². The molecule has 0 amide bonds. The molecule has 3 N–H and O–H groups in total. The summed E-state index contributed by atoms with van der Waals surface area (Å²) in [5.74, 6) is -0.142. The van der Waals surface area contributed by atoms with Gasteiger partial charge in [0.25, 0.3) is 0 Å². The van der Waals surface area contributed by atoms with E-state index in [0.29, 0.717) is 22.0 Å². The summed E-state index contributed by atoms with van der Waals surface area (Å²) in [4.78, 5) is 16.2. The Labute approximate surface area is 160 Å². The first kappa shape index (κ1) is 19.6. The molecule has 1 heterocycles. The summed E-state index contributed by atoms with van der Waals surface area (Å²) in [6.07, 6.45) is 1.52. The summed E-state index contributed by atoms with van der Waals surface area (Å²) in [6, 6.07) is 10.4. The molecule has 1 aromatic heterocycles. The zero-order chi connectivity index (χ0) is 19.1. The lowest BCUT2D eigenvalue weighted by atomic mass is 10.1. The SMILES string of the molecule is C=C(NC(C(=O)OC)=C(Cl)C(N)=NCc1ccco1)c1ccc(Cl)cc1. The summed E-state index contributed by atoms with van der Waals surface area (Å²) in [7, 11) is 1.23. The lowest BCUT2D eigenvalue weighted by Gasteiger charge is -2.14. The quantitative estimate of drug-likeness (QED) is 0.324. The third-order valence-electron chi connectivity index (χ3n) is 3.29.